The van der Waals surface area contributed by atoms with Gasteiger partial charge in [0.05, 0.1) is 0 Å². The van der Waals surface area contributed by atoms with Crippen LogP contribution in [0, 0.1) is 5.92 Å². The lowest BCUT2D eigenvalue weighted by Gasteiger charge is -2.27. The number of carbonyl (C=O) groups excluding carboxylic acids is 2. The lowest BCUT2D eigenvalue weighted by molar-refractivity contribution is -0.114. The summed E-state index contributed by atoms with van der Waals surface area (Å²) in [6.45, 7) is 11.9. The van der Waals surface area contributed by atoms with E-state index in [0.717, 1.165) is 5.57 Å². The standard InChI is InChI=1S/C16H25NO4S/c1-15(2,3)21-14(19)17-8-10-7-12(18)13(11(10)9-17)22(20)16(4,5)6/h7,11,13H,8-9H2,1-6H3/t11-,13-,22?/m1/s1. The molecule has 0 spiro atoms. The molecule has 22 heavy (non-hydrogen) atoms. The third-order valence-corrected chi connectivity index (χ3v) is 5.96. The topological polar surface area (TPSA) is 63.7 Å². The predicted octanol–water partition coefficient (Wildman–Crippen LogP) is 2.28. The van der Waals surface area contributed by atoms with Gasteiger partial charge in [0.1, 0.15) is 10.9 Å². The van der Waals surface area contributed by atoms with Gasteiger partial charge in [0.25, 0.3) is 0 Å². The summed E-state index contributed by atoms with van der Waals surface area (Å²) in [5.41, 5.74) is 0.352. The van der Waals surface area contributed by atoms with Crippen LogP contribution in [0.15, 0.2) is 11.6 Å². The fourth-order valence-corrected chi connectivity index (χ4v) is 4.36. The number of rotatable bonds is 1. The molecule has 0 aromatic carbocycles. The van der Waals surface area contributed by atoms with Gasteiger partial charge < -0.3 is 9.64 Å². The van der Waals surface area contributed by atoms with E-state index in [9.17, 15) is 13.8 Å². The molecule has 1 unspecified atom stereocenters. The third-order valence-electron chi connectivity index (χ3n) is 3.73. The van der Waals surface area contributed by atoms with Gasteiger partial charge in [-0.25, -0.2) is 4.79 Å². The van der Waals surface area contributed by atoms with Crippen LogP contribution >= 0.6 is 0 Å². The van der Waals surface area contributed by atoms with E-state index in [1.807, 2.05) is 41.5 Å². The van der Waals surface area contributed by atoms with Crippen molar-refractivity contribution >= 4 is 22.7 Å². The number of ketones is 1. The maximum atomic E-state index is 12.6. The Hall–Kier alpha value is -1.17. The van der Waals surface area contributed by atoms with Crippen LogP contribution in [-0.2, 0) is 20.3 Å². The van der Waals surface area contributed by atoms with E-state index in [0.29, 0.717) is 13.1 Å². The smallest absolute Gasteiger partial charge is 0.410 e. The molecule has 124 valence electrons. The summed E-state index contributed by atoms with van der Waals surface area (Å²) in [6.07, 6.45) is 1.19. The molecule has 1 aliphatic heterocycles. The van der Waals surface area contributed by atoms with Crippen LogP contribution in [0.2, 0.25) is 0 Å². The minimum absolute atomic E-state index is 0.0721. The Kier molecular flexibility index (Phi) is 4.28. The fourth-order valence-electron chi connectivity index (χ4n) is 2.76. The van der Waals surface area contributed by atoms with Crippen LogP contribution in [0.5, 0.6) is 0 Å². The first kappa shape index (κ1) is 17.2. The van der Waals surface area contributed by atoms with Crippen LogP contribution in [0.25, 0.3) is 0 Å². The lowest BCUT2D eigenvalue weighted by atomic mass is 10.1. The summed E-state index contributed by atoms with van der Waals surface area (Å²) in [5, 5.41) is -0.539. The van der Waals surface area contributed by atoms with E-state index in [1.165, 1.54) is 0 Å². The highest BCUT2D eigenvalue weighted by molar-refractivity contribution is 7.87. The number of hydrogen-bond donors (Lipinski definition) is 0. The van der Waals surface area contributed by atoms with Crippen molar-refractivity contribution in [2.24, 2.45) is 5.92 Å². The maximum Gasteiger partial charge on any atom is 0.410 e. The average molecular weight is 327 g/mol. The lowest BCUT2D eigenvalue weighted by Crippen LogP contribution is -2.41. The Morgan fingerprint density at radius 1 is 1.27 bits per heavy atom. The molecule has 6 heteroatoms. The van der Waals surface area contributed by atoms with Crippen LogP contribution in [0.3, 0.4) is 0 Å². The van der Waals surface area contributed by atoms with E-state index in [4.69, 9.17) is 4.74 Å². The molecule has 0 radical (unpaired) electrons. The second kappa shape index (κ2) is 5.48. The van der Waals surface area contributed by atoms with Crippen molar-refractivity contribution in [3.05, 3.63) is 11.6 Å². The number of carbonyl (C=O) groups is 2. The molecule has 1 amide bonds. The monoisotopic (exact) mass is 327 g/mol. The molecule has 1 aliphatic carbocycles. The second-order valence-electron chi connectivity index (χ2n) is 7.92. The zero-order chi connectivity index (χ0) is 16.9. The molecular formula is C16H25NO4S. The van der Waals surface area contributed by atoms with E-state index >= 15 is 0 Å². The minimum Gasteiger partial charge on any atom is -0.444 e. The summed E-state index contributed by atoms with van der Waals surface area (Å²) >= 11 is 0. The summed E-state index contributed by atoms with van der Waals surface area (Å²) in [4.78, 5) is 25.9. The molecule has 0 saturated carbocycles. The van der Waals surface area contributed by atoms with E-state index < -0.39 is 26.4 Å². The fraction of sp³-hybridized carbons (Fsp3) is 0.750. The highest BCUT2D eigenvalue weighted by atomic mass is 32.2. The quantitative estimate of drug-likeness (QED) is 0.741. The Bertz CT molecular complexity index is 553. The van der Waals surface area contributed by atoms with Gasteiger partial charge in [-0.3, -0.25) is 9.00 Å². The summed E-state index contributed by atoms with van der Waals surface area (Å²) in [7, 11) is -1.28. The Morgan fingerprint density at radius 3 is 2.36 bits per heavy atom. The van der Waals surface area contributed by atoms with Crippen molar-refractivity contribution < 1.29 is 18.5 Å². The summed E-state index contributed by atoms with van der Waals surface area (Å²) in [6, 6.07) is 0. The van der Waals surface area contributed by atoms with Crippen LogP contribution in [-0.4, -0.2) is 49.7 Å². The van der Waals surface area contributed by atoms with Gasteiger partial charge in [-0.1, -0.05) is 0 Å². The van der Waals surface area contributed by atoms with Gasteiger partial charge in [-0.05, 0) is 53.2 Å². The Balaban J connectivity index is 2.14. The van der Waals surface area contributed by atoms with Gasteiger partial charge in [0.2, 0.25) is 0 Å². The summed E-state index contributed by atoms with van der Waals surface area (Å²) < 4.78 is 17.6. The van der Waals surface area contributed by atoms with Crippen molar-refractivity contribution in [2.75, 3.05) is 13.1 Å². The van der Waals surface area contributed by atoms with E-state index in [1.54, 1.807) is 11.0 Å². The van der Waals surface area contributed by atoms with Gasteiger partial charge in [0.15, 0.2) is 5.78 Å². The molecule has 0 aromatic heterocycles. The molecule has 3 atom stereocenters. The average Bonchev–Trinajstić information content (AvgIpc) is 2.80. The predicted molar refractivity (Wildman–Crippen MR) is 86.1 cm³/mol. The van der Waals surface area contributed by atoms with Crippen molar-refractivity contribution in [3.63, 3.8) is 0 Å². The van der Waals surface area contributed by atoms with Gasteiger partial charge in [0, 0.05) is 34.6 Å². The van der Waals surface area contributed by atoms with Gasteiger partial charge >= 0.3 is 6.09 Å². The zero-order valence-electron chi connectivity index (χ0n) is 14.1. The highest BCUT2D eigenvalue weighted by Crippen LogP contribution is 2.37. The van der Waals surface area contributed by atoms with Gasteiger partial charge in [-0.2, -0.15) is 0 Å². The first-order valence-electron chi connectivity index (χ1n) is 7.53. The molecule has 1 heterocycles. The van der Waals surface area contributed by atoms with Crippen molar-refractivity contribution in [3.8, 4) is 0 Å². The van der Waals surface area contributed by atoms with Crippen LogP contribution in [0.4, 0.5) is 4.79 Å². The number of fused-ring (bicyclic) bond motifs is 1. The van der Waals surface area contributed by atoms with Crippen molar-refractivity contribution in [2.45, 2.75) is 57.1 Å². The van der Waals surface area contributed by atoms with E-state index in [-0.39, 0.29) is 17.8 Å². The number of amides is 1. The second-order valence-corrected chi connectivity index (χ2v) is 10.2. The van der Waals surface area contributed by atoms with Crippen LogP contribution in [0.1, 0.15) is 41.5 Å². The zero-order valence-corrected chi connectivity index (χ0v) is 15.0. The third kappa shape index (κ3) is 3.42. The molecular weight excluding hydrogens is 302 g/mol. The van der Waals surface area contributed by atoms with Gasteiger partial charge in [-0.15, -0.1) is 0 Å². The molecule has 1 saturated heterocycles. The molecule has 2 rings (SSSR count). The molecule has 5 nitrogen and oxygen atoms in total. The number of allylic oxidation sites excluding steroid dienone is 1. The first-order chi connectivity index (χ1) is 9.90. The SMILES string of the molecule is CC(C)(C)OC(=O)N1CC2=CC(=O)[C@H](S(=O)C(C)(C)C)[C@@H]2C1. The normalized spacial score (nSPS) is 26.7. The van der Waals surface area contributed by atoms with Crippen molar-refractivity contribution in [1.29, 1.82) is 0 Å². The largest absolute Gasteiger partial charge is 0.444 e. The summed E-state index contributed by atoms with van der Waals surface area (Å²) in [5.74, 6) is -0.211. The first-order valence-corrected chi connectivity index (χ1v) is 8.74. The molecule has 0 N–H and O–H groups in total. The Labute approximate surface area is 134 Å². The highest BCUT2D eigenvalue weighted by Gasteiger charge is 2.48. The molecule has 2 aliphatic rings. The molecule has 0 bridgehead atoms. The Morgan fingerprint density at radius 2 is 1.86 bits per heavy atom. The van der Waals surface area contributed by atoms with Crippen molar-refractivity contribution in [1.82, 2.24) is 4.90 Å². The number of hydrogen-bond acceptors (Lipinski definition) is 4. The minimum atomic E-state index is -1.28. The van der Waals surface area contributed by atoms with Crippen LogP contribution < -0.4 is 0 Å². The number of nitrogens with zero attached hydrogens (tertiary/aromatic N) is 1. The number of likely N-dealkylation sites (tertiary alicyclic amines) is 1. The molecule has 1 fully saturated rings. The maximum absolute atomic E-state index is 12.6. The number of ether oxygens (including phenoxy) is 1. The van der Waals surface area contributed by atoms with E-state index in [2.05, 4.69) is 0 Å². The molecule has 0 aromatic rings.